The van der Waals surface area contributed by atoms with Gasteiger partial charge in [-0.05, 0) is 68.9 Å². The summed E-state index contributed by atoms with van der Waals surface area (Å²) in [5.41, 5.74) is 1.59. The minimum atomic E-state index is -0.924. The van der Waals surface area contributed by atoms with Gasteiger partial charge in [-0.2, -0.15) is 0 Å². The fourth-order valence-electron chi connectivity index (χ4n) is 4.89. The lowest BCUT2D eigenvalue weighted by atomic mass is 9.92. The van der Waals surface area contributed by atoms with Gasteiger partial charge in [0.05, 0.1) is 11.1 Å². The number of hydrogen-bond donors (Lipinski definition) is 3. The molecule has 0 aliphatic carbocycles. The SMILES string of the molecule is O=C1CCC(N2C(=O)c3ccc(CNCCCCCC4CCNCC4)cc3C2=O)C(=O)N1. The molecule has 2 fully saturated rings. The zero-order chi connectivity index (χ0) is 22.5. The number of fused-ring (bicyclic) bond motifs is 1. The molecule has 1 unspecified atom stereocenters. The molecule has 4 amide bonds. The van der Waals surface area contributed by atoms with Crippen LogP contribution >= 0.6 is 0 Å². The van der Waals surface area contributed by atoms with Crippen molar-refractivity contribution >= 4 is 23.6 Å². The van der Waals surface area contributed by atoms with Gasteiger partial charge in [-0.3, -0.25) is 29.4 Å². The molecule has 4 rings (SSSR count). The van der Waals surface area contributed by atoms with Gasteiger partial charge < -0.3 is 10.6 Å². The van der Waals surface area contributed by atoms with E-state index in [1.807, 2.05) is 6.07 Å². The van der Waals surface area contributed by atoms with Crippen molar-refractivity contribution in [3.8, 4) is 0 Å². The van der Waals surface area contributed by atoms with Crippen LogP contribution in [0.25, 0.3) is 0 Å². The molecule has 8 nitrogen and oxygen atoms in total. The number of rotatable bonds is 9. The number of hydrogen-bond acceptors (Lipinski definition) is 6. The summed E-state index contributed by atoms with van der Waals surface area (Å²) in [6.07, 6.45) is 7.84. The van der Waals surface area contributed by atoms with Gasteiger partial charge in [-0.1, -0.05) is 25.3 Å². The zero-order valence-corrected chi connectivity index (χ0v) is 18.5. The Kier molecular flexibility index (Phi) is 7.32. The third-order valence-corrected chi connectivity index (χ3v) is 6.76. The van der Waals surface area contributed by atoms with E-state index in [0.717, 1.165) is 42.4 Å². The maximum Gasteiger partial charge on any atom is 0.262 e. The highest BCUT2D eigenvalue weighted by Gasteiger charge is 2.44. The van der Waals surface area contributed by atoms with Crippen molar-refractivity contribution in [3.63, 3.8) is 0 Å². The molecule has 8 heteroatoms. The Hall–Kier alpha value is -2.58. The van der Waals surface area contributed by atoms with Gasteiger partial charge in [-0.25, -0.2) is 0 Å². The zero-order valence-electron chi connectivity index (χ0n) is 18.5. The Morgan fingerprint density at radius 2 is 1.72 bits per heavy atom. The van der Waals surface area contributed by atoms with E-state index in [9.17, 15) is 19.2 Å². The summed E-state index contributed by atoms with van der Waals surface area (Å²) in [4.78, 5) is 50.2. The molecule has 3 N–H and O–H groups in total. The molecule has 3 aliphatic heterocycles. The van der Waals surface area contributed by atoms with Crippen LogP contribution in [0.15, 0.2) is 18.2 Å². The van der Waals surface area contributed by atoms with Crippen molar-refractivity contribution in [1.82, 2.24) is 20.9 Å². The summed E-state index contributed by atoms with van der Waals surface area (Å²) < 4.78 is 0. The average Bonchev–Trinajstić information content (AvgIpc) is 3.04. The highest BCUT2D eigenvalue weighted by atomic mass is 16.2. The monoisotopic (exact) mass is 440 g/mol. The standard InChI is InChI=1S/C24H32N4O4/c29-21-8-7-20(22(30)27-21)28-23(31)18-6-5-17(14-19(18)24(28)32)15-26-11-3-1-2-4-16-9-12-25-13-10-16/h5-6,14,16,20,25-26H,1-4,7-13,15H2,(H,27,29,30). The number of nitrogens with zero attached hydrogens (tertiary/aromatic N) is 1. The molecule has 0 saturated carbocycles. The molecular formula is C24H32N4O4. The van der Waals surface area contributed by atoms with Crippen LogP contribution in [0.4, 0.5) is 0 Å². The quantitative estimate of drug-likeness (QED) is 0.399. The van der Waals surface area contributed by atoms with Crippen molar-refractivity contribution in [1.29, 1.82) is 0 Å². The van der Waals surface area contributed by atoms with Crippen LogP contribution in [0, 0.1) is 5.92 Å². The van der Waals surface area contributed by atoms with E-state index in [2.05, 4.69) is 16.0 Å². The molecule has 1 aromatic rings. The highest BCUT2D eigenvalue weighted by Crippen LogP contribution is 2.28. The fourth-order valence-corrected chi connectivity index (χ4v) is 4.89. The first-order chi connectivity index (χ1) is 15.5. The van der Waals surface area contributed by atoms with Gasteiger partial charge in [-0.15, -0.1) is 0 Å². The van der Waals surface area contributed by atoms with Crippen LogP contribution in [-0.2, 0) is 16.1 Å². The lowest BCUT2D eigenvalue weighted by Crippen LogP contribution is -2.54. The predicted octanol–water partition coefficient (Wildman–Crippen LogP) is 1.74. The number of piperidine rings is 2. The summed E-state index contributed by atoms with van der Waals surface area (Å²) >= 11 is 0. The number of nitrogens with one attached hydrogen (secondary N) is 3. The first-order valence-electron chi connectivity index (χ1n) is 11.8. The van der Waals surface area contributed by atoms with Crippen molar-refractivity contribution in [2.75, 3.05) is 19.6 Å². The predicted molar refractivity (Wildman–Crippen MR) is 119 cm³/mol. The minimum absolute atomic E-state index is 0.122. The summed E-state index contributed by atoms with van der Waals surface area (Å²) in [5.74, 6) is -0.997. The van der Waals surface area contributed by atoms with Crippen LogP contribution in [0.5, 0.6) is 0 Å². The molecule has 2 saturated heterocycles. The van der Waals surface area contributed by atoms with Crippen LogP contribution in [0.2, 0.25) is 0 Å². The maximum atomic E-state index is 12.9. The highest BCUT2D eigenvalue weighted by molar-refractivity contribution is 6.23. The van der Waals surface area contributed by atoms with E-state index in [1.54, 1.807) is 12.1 Å². The molecular weight excluding hydrogens is 408 g/mol. The lowest BCUT2D eigenvalue weighted by Gasteiger charge is -2.27. The second kappa shape index (κ2) is 10.4. The third-order valence-electron chi connectivity index (χ3n) is 6.76. The normalized spacial score (nSPS) is 21.8. The second-order valence-corrected chi connectivity index (χ2v) is 9.05. The summed E-state index contributed by atoms with van der Waals surface area (Å²) in [6, 6.07) is 4.33. The van der Waals surface area contributed by atoms with Crippen molar-refractivity contribution in [2.24, 2.45) is 5.92 Å². The number of amides is 4. The molecule has 0 spiro atoms. The van der Waals surface area contributed by atoms with Gasteiger partial charge in [0.1, 0.15) is 6.04 Å². The van der Waals surface area contributed by atoms with E-state index >= 15 is 0 Å². The first-order valence-corrected chi connectivity index (χ1v) is 11.8. The smallest absolute Gasteiger partial charge is 0.262 e. The molecule has 32 heavy (non-hydrogen) atoms. The van der Waals surface area contributed by atoms with E-state index in [-0.39, 0.29) is 18.7 Å². The Bertz CT molecular complexity index is 894. The van der Waals surface area contributed by atoms with E-state index < -0.39 is 23.8 Å². The Morgan fingerprint density at radius 1 is 0.938 bits per heavy atom. The molecule has 3 aliphatic rings. The summed E-state index contributed by atoms with van der Waals surface area (Å²) in [6.45, 7) is 3.86. The van der Waals surface area contributed by atoms with E-state index in [0.29, 0.717) is 17.7 Å². The van der Waals surface area contributed by atoms with E-state index in [4.69, 9.17) is 0 Å². The molecule has 3 heterocycles. The number of unbranched alkanes of at least 4 members (excludes halogenated alkanes) is 2. The first kappa shape index (κ1) is 22.6. The number of imide groups is 2. The maximum absolute atomic E-state index is 12.9. The van der Waals surface area contributed by atoms with Gasteiger partial charge in [0.25, 0.3) is 11.8 Å². The van der Waals surface area contributed by atoms with Crippen LogP contribution in [-0.4, -0.2) is 54.2 Å². The average molecular weight is 441 g/mol. The molecule has 0 aromatic heterocycles. The number of benzene rings is 1. The van der Waals surface area contributed by atoms with Gasteiger partial charge in [0, 0.05) is 13.0 Å². The number of carbonyl (C=O) groups excluding carboxylic acids is 4. The molecule has 0 radical (unpaired) electrons. The minimum Gasteiger partial charge on any atom is -0.317 e. The molecule has 1 atom stereocenters. The van der Waals surface area contributed by atoms with Crippen molar-refractivity contribution in [2.45, 2.75) is 64.0 Å². The van der Waals surface area contributed by atoms with Crippen molar-refractivity contribution in [3.05, 3.63) is 34.9 Å². The third kappa shape index (κ3) is 5.07. The molecule has 1 aromatic carbocycles. The Morgan fingerprint density at radius 3 is 2.50 bits per heavy atom. The molecule has 172 valence electrons. The Labute approximate surface area is 188 Å². The summed E-state index contributed by atoms with van der Waals surface area (Å²) in [7, 11) is 0. The van der Waals surface area contributed by atoms with Crippen LogP contribution in [0.1, 0.15) is 77.6 Å². The molecule has 0 bridgehead atoms. The van der Waals surface area contributed by atoms with E-state index in [1.165, 1.54) is 32.1 Å². The fraction of sp³-hybridized carbons (Fsp3) is 0.583. The van der Waals surface area contributed by atoms with Crippen LogP contribution < -0.4 is 16.0 Å². The topological polar surface area (TPSA) is 108 Å². The van der Waals surface area contributed by atoms with Crippen molar-refractivity contribution < 1.29 is 19.2 Å². The van der Waals surface area contributed by atoms with Crippen LogP contribution in [0.3, 0.4) is 0 Å². The van der Waals surface area contributed by atoms with Gasteiger partial charge >= 0.3 is 0 Å². The van der Waals surface area contributed by atoms with Gasteiger partial charge in [0.15, 0.2) is 0 Å². The second-order valence-electron chi connectivity index (χ2n) is 9.05. The number of carbonyl (C=O) groups is 4. The lowest BCUT2D eigenvalue weighted by molar-refractivity contribution is -0.136. The summed E-state index contributed by atoms with van der Waals surface area (Å²) in [5, 5.41) is 9.05. The Balaban J connectivity index is 1.24. The van der Waals surface area contributed by atoms with Gasteiger partial charge in [0.2, 0.25) is 11.8 Å². The largest absolute Gasteiger partial charge is 0.317 e.